The summed E-state index contributed by atoms with van der Waals surface area (Å²) in [4.78, 5) is 40.7. The summed E-state index contributed by atoms with van der Waals surface area (Å²) in [5.41, 5.74) is 1.70. The maximum atomic E-state index is 12.2. The minimum atomic E-state index is -1.02. The Labute approximate surface area is 169 Å². The molecule has 2 amide bonds. The van der Waals surface area contributed by atoms with Crippen LogP contribution in [0.2, 0.25) is 0 Å². The predicted molar refractivity (Wildman–Crippen MR) is 108 cm³/mol. The van der Waals surface area contributed by atoms with E-state index < -0.39 is 18.0 Å². The summed E-state index contributed by atoms with van der Waals surface area (Å²) < 4.78 is 5.06. The number of amides is 2. The van der Waals surface area contributed by atoms with Crippen molar-refractivity contribution in [2.24, 2.45) is 0 Å². The summed E-state index contributed by atoms with van der Waals surface area (Å²) in [6, 6.07) is 13.0. The molecule has 0 saturated heterocycles. The van der Waals surface area contributed by atoms with E-state index in [9.17, 15) is 14.4 Å². The van der Waals surface area contributed by atoms with Gasteiger partial charge in [0.1, 0.15) is 6.54 Å². The fraction of sp³-hybridized carbons (Fsp3) is 0.158. The van der Waals surface area contributed by atoms with Crippen LogP contribution < -0.4 is 10.6 Å². The summed E-state index contributed by atoms with van der Waals surface area (Å²) in [6.45, 7) is 1.14. The molecule has 3 rings (SSSR count). The first-order valence-corrected chi connectivity index (χ1v) is 10.1. The van der Waals surface area contributed by atoms with Crippen LogP contribution in [-0.2, 0) is 14.3 Å². The Balaban J connectivity index is 1.47. The number of hydrogen-bond acceptors (Lipinski definition) is 7. The molecule has 0 aliphatic rings. The lowest BCUT2D eigenvalue weighted by atomic mass is 10.2. The van der Waals surface area contributed by atoms with Crippen molar-refractivity contribution in [1.82, 2.24) is 10.3 Å². The van der Waals surface area contributed by atoms with Crippen LogP contribution in [-0.4, -0.2) is 35.4 Å². The van der Waals surface area contributed by atoms with Gasteiger partial charge in [-0.25, -0.2) is 4.98 Å². The molecular formula is C19H17N3O4S2. The Morgan fingerprint density at radius 2 is 1.89 bits per heavy atom. The average molecular weight is 415 g/mol. The number of ether oxygens (including phenoxy) is 1. The van der Waals surface area contributed by atoms with Gasteiger partial charge in [-0.15, -0.1) is 22.7 Å². The molecule has 2 heterocycles. The SMILES string of the molecule is CC(OC(=O)CNC(=O)c1cccs1)C(=O)Nc1nc(-c2ccccc2)cs1. The van der Waals surface area contributed by atoms with E-state index in [0.717, 1.165) is 11.3 Å². The first-order chi connectivity index (χ1) is 13.5. The highest BCUT2D eigenvalue weighted by atomic mass is 32.1. The Morgan fingerprint density at radius 1 is 1.11 bits per heavy atom. The molecule has 3 aromatic rings. The molecule has 144 valence electrons. The summed E-state index contributed by atoms with van der Waals surface area (Å²) in [5, 5.41) is 9.10. The second kappa shape index (κ2) is 9.25. The Kier molecular flexibility index (Phi) is 6.51. The summed E-state index contributed by atoms with van der Waals surface area (Å²) in [5.74, 6) is -1.55. The van der Waals surface area contributed by atoms with Crippen LogP contribution in [0.15, 0.2) is 53.2 Å². The molecule has 0 fully saturated rings. The highest BCUT2D eigenvalue weighted by molar-refractivity contribution is 7.14. The summed E-state index contributed by atoms with van der Waals surface area (Å²) in [6.07, 6.45) is -1.02. The van der Waals surface area contributed by atoms with E-state index in [2.05, 4.69) is 15.6 Å². The average Bonchev–Trinajstić information content (AvgIpc) is 3.39. The normalized spacial score (nSPS) is 11.5. The van der Waals surface area contributed by atoms with Gasteiger partial charge in [-0.2, -0.15) is 0 Å². The minimum Gasteiger partial charge on any atom is -0.451 e. The van der Waals surface area contributed by atoms with Crippen LogP contribution in [0, 0.1) is 0 Å². The van der Waals surface area contributed by atoms with E-state index in [-0.39, 0.29) is 12.5 Å². The van der Waals surface area contributed by atoms with Crippen molar-refractivity contribution in [3.8, 4) is 11.3 Å². The number of rotatable bonds is 7. The van der Waals surface area contributed by atoms with Crippen molar-refractivity contribution in [2.45, 2.75) is 13.0 Å². The lowest BCUT2D eigenvalue weighted by molar-refractivity contribution is -0.152. The van der Waals surface area contributed by atoms with Gasteiger partial charge < -0.3 is 10.1 Å². The number of nitrogens with zero attached hydrogens (tertiary/aromatic N) is 1. The molecule has 0 spiro atoms. The highest BCUT2D eigenvalue weighted by Crippen LogP contribution is 2.24. The Morgan fingerprint density at radius 3 is 2.61 bits per heavy atom. The van der Waals surface area contributed by atoms with Gasteiger partial charge in [0.15, 0.2) is 11.2 Å². The molecular weight excluding hydrogens is 398 g/mol. The zero-order valence-electron chi connectivity index (χ0n) is 14.9. The van der Waals surface area contributed by atoms with E-state index in [1.54, 1.807) is 17.5 Å². The standard InChI is InChI=1S/C19H17N3O4S2/c1-12(26-16(23)10-20-18(25)15-8-5-9-27-15)17(24)22-19-21-14(11-28-19)13-6-3-2-4-7-13/h2-9,11-12H,10H2,1H3,(H,20,25)(H,21,22,24). The van der Waals surface area contributed by atoms with Crippen molar-refractivity contribution in [3.63, 3.8) is 0 Å². The third-order valence-electron chi connectivity index (χ3n) is 3.62. The quantitative estimate of drug-likeness (QED) is 0.578. The first kappa shape index (κ1) is 19.7. The maximum absolute atomic E-state index is 12.2. The number of thiazole rings is 1. The molecule has 2 aromatic heterocycles. The summed E-state index contributed by atoms with van der Waals surface area (Å²) >= 11 is 2.55. The van der Waals surface area contributed by atoms with Crippen LogP contribution in [0.25, 0.3) is 11.3 Å². The predicted octanol–water partition coefficient (Wildman–Crippen LogP) is 3.17. The molecule has 0 aliphatic heterocycles. The largest absolute Gasteiger partial charge is 0.451 e. The number of carbonyl (C=O) groups is 3. The van der Waals surface area contributed by atoms with Gasteiger partial charge in [0.05, 0.1) is 10.6 Å². The zero-order chi connectivity index (χ0) is 19.9. The third kappa shape index (κ3) is 5.24. The molecule has 0 aliphatic carbocycles. The Bertz CT molecular complexity index is 955. The molecule has 7 nitrogen and oxygen atoms in total. The van der Waals surface area contributed by atoms with E-state index in [1.165, 1.54) is 29.6 Å². The molecule has 1 aromatic carbocycles. The molecule has 0 radical (unpaired) electrons. The fourth-order valence-corrected chi connectivity index (χ4v) is 3.58. The van der Waals surface area contributed by atoms with Gasteiger partial charge in [0.25, 0.3) is 11.8 Å². The molecule has 0 bridgehead atoms. The molecule has 1 atom stereocenters. The lowest BCUT2D eigenvalue weighted by Gasteiger charge is -2.12. The van der Waals surface area contributed by atoms with E-state index in [4.69, 9.17) is 4.74 Å². The molecule has 2 N–H and O–H groups in total. The number of benzene rings is 1. The maximum Gasteiger partial charge on any atom is 0.326 e. The number of carbonyl (C=O) groups excluding carboxylic acids is 3. The van der Waals surface area contributed by atoms with Crippen molar-refractivity contribution in [3.05, 3.63) is 58.1 Å². The van der Waals surface area contributed by atoms with Crippen molar-refractivity contribution < 1.29 is 19.1 Å². The highest BCUT2D eigenvalue weighted by Gasteiger charge is 2.20. The van der Waals surface area contributed by atoms with Crippen molar-refractivity contribution in [1.29, 1.82) is 0 Å². The number of aromatic nitrogens is 1. The van der Waals surface area contributed by atoms with Gasteiger partial charge in [-0.1, -0.05) is 36.4 Å². The number of thiophene rings is 1. The topological polar surface area (TPSA) is 97.4 Å². The smallest absolute Gasteiger partial charge is 0.326 e. The number of anilines is 1. The lowest BCUT2D eigenvalue weighted by Crippen LogP contribution is -2.35. The minimum absolute atomic E-state index is 0.316. The van der Waals surface area contributed by atoms with E-state index in [0.29, 0.717) is 10.0 Å². The molecule has 0 saturated carbocycles. The Hall–Kier alpha value is -3.04. The zero-order valence-corrected chi connectivity index (χ0v) is 16.5. The van der Waals surface area contributed by atoms with Gasteiger partial charge in [0.2, 0.25) is 0 Å². The van der Waals surface area contributed by atoms with Crippen LogP contribution in [0.3, 0.4) is 0 Å². The summed E-state index contributed by atoms with van der Waals surface area (Å²) in [7, 11) is 0. The van der Waals surface area contributed by atoms with Crippen molar-refractivity contribution in [2.75, 3.05) is 11.9 Å². The van der Waals surface area contributed by atoms with Crippen LogP contribution in [0.5, 0.6) is 0 Å². The van der Waals surface area contributed by atoms with E-state index >= 15 is 0 Å². The third-order valence-corrected chi connectivity index (χ3v) is 5.25. The van der Waals surface area contributed by atoms with Gasteiger partial charge >= 0.3 is 5.97 Å². The number of hydrogen-bond donors (Lipinski definition) is 2. The van der Waals surface area contributed by atoms with Crippen molar-refractivity contribution >= 4 is 45.6 Å². The second-order valence-electron chi connectivity index (χ2n) is 5.69. The number of nitrogens with one attached hydrogen (secondary N) is 2. The van der Waals surface area contributed by atoms with Gasteiger partial charge in [0, 0.05) is 10.9 Å². The molecule has 28 heavy (non-hydrogen) atoms. The van der Waals surface area contributed by atoms with E-state index in [1.807, 2.05) is 35.7 Å². The first-order valence-electron chi connectivity index (χ1n) is 8.36. The number of esters is 1. The van der Waals surface area contributed by atoms with Gasteiger partial charge in [-0.3, -0.25) is 19.7 Å². The second-order valence-corrected chi connectivity index (χ2v) is 7.49. The molecule has 9 heteroatoms. The van der Waals surface area contributed by atoms with Crippen LogP contribution in [0.4, 0.5) is 5.13 Å². The van der Waals surface area contributed by atoms with Gasteiger partial charge in [-0.05, 0) is 18.4 Å². The monoisotopic (exact) mass is 415 g/mol. The fourth-order valence-electron chi connectivity index (χ4n) is 2.22. The molecule has 1 unspecified atom stereocenters. The van der Waals surface area contributed by atoms with Crippen LogP contribution >= 0.6 is 22.7 Å². The van der Waals surface area contributed by atoms with Crippen LogP contribution in [0.1, 0.15) is 16.6 Å².